The van der Waals surface area contributed by atoms with Crippen LogP contribution in [0, 0.1) is 13.8 Å². The molecule has 0 unspecified atom stereocenters. The number of carboxylic acid groups (broad SMARTS) is 1. The van der Waals surface area contributed by atoms with E-state index in [1.54, 1.807) is 6.08 Å². The molecule has 2 rings (SSSR count). The summed E-state index contributed by atoms with van der Waals surface area (Å²) >= 11 is 0. The van der Waals surface area contributed by atoms with Crippen molar-refractivity contribution in [2.24, 2.45) is 0 Å². The van der Waals surface area contributed by atoms with Gasteiger partial charge in [-0.05, 0) is 48.2 Å². The van der Waals surface area contributed by atoms with Crippen LogP contribution in [-0.4, -0.2) is 11.1 Å². The van der Waals surface area contributed by atoms with Gasteiger partial charge in [0.25, 0.3) is 0 Å². The van der Waals surface area contributed by atoms with Gasteiger partial charge in [0.2, 0.25) is 0 Å². The third kappa shape index (κ3) is 3.32. The van der Waals surface area contributed by atoms with Gasteiger partial charge in [0.05, 0.1) is 0 Å². The quantitative estimate of drug-likeness (QED) is 0.836. The topological polar surface area (TPSA) is 37.3 Å². The third-order valence-electron chi connectivity index (χ3n) is 3.07. The van der Waals surface area contributed by atoms with E-state index in [-0.39, 0.29) is 0 Å². The monoisotopic (exact) mass is 252 g/mol. The van der Waals surface area contributed by atoms with Gasteiger partial charge in [0, 0.05) is 6.08 Å². The molecule has 1 N–H and O–H groups in total. The number of carboxylic acids is 1. The molecule has 0 heterocycles. The van der Waals surface area contributed by atoms with Gasteiger partial charge in [0.15, 0.2) is 0 Å². The SMILES string of the molecule is Cc1ccc(-c2ccc(C)c(/C=C/C(=O)O)c2)cc1. The highest BCUT2D eigenvalue weighted by Gasteiger charge is 2.01. The molecular formula is C17H16O2. The minimum Gasteiger partial charge on any atom is -0.478 e. The highest BCUT2D eigenvalue weighted by atomic mass is 16.4. The van der Waals surface area contributed by atoms with Crippen LogP contribution >= 0.6 is 0 Å². The molecule has 0 fully saturated rings. The van der Waals surface area contributed by atoms with Gasteiger partial charge in [-0.3, -0.25) is 0 Å². The van der Waals surface area contributed by atoms with Gasteiger partial charge < -0.3 is 5.11 Å². The summed E-state index contributed by atoms with van der Waals surface area (Å²) < 4.78 is 0. The van der Waals surface area contributed by atoms with Gasteiger partial charge in [-0.2, -0.15) is 0 Å². The Morgan fingerprint density at radius 3 is 2.26 bits per heavy atom. The molecule has 0 spiro atoms. The van der Waals surface area contributed by atoms with Gasteiger partial charge in [-0.25, -0.2) is 4.79 Å². The number of carbonyl (C=O) groups is 1. The zero-order valence-electron chi connectivity index (χ0n) is 11.1. The summed E-state index contributed by atoms with van der Waals surface area (Å²) in [5, 5.41) is 8.70. The first-order valence-corrected chi connectivity index (χ1v) is 6.15. The van der Waals surface area contributed by atoms with Crippen molar-refractivity contribution in [1.82, 2.24) is 0 Å². The van der Waals surface area contributed by atoms with Crippen molar-refractivity contribution in [3.8, 4) is 11.1 Å². The molecule has 0 radical (unpaired) electrons. The Hall–Kier alpha value is -2.35. The van der Waals surface area contributed by atoms with Crippen LogP contribution < -0.4 is 0 Å². The molecule has 0 amide bonds. The van der Waals surface area contributed by atoms with Crippen LogP contribution in [0.25, 0.3) is 17.2 Å². The Bertz CT molecular complexity index is 622. The Morgan fingerprint density at radius 2 is 1.63 bits per heavy atom. The van der Waals surface area contributed by atoms with Gasteiger partial charge in [0.1, 0.15) is 0 Å². The molecule has 0 saturated carbocycles. The second-order valence-electron chi connectivity index (χ2n) is 4.61. The first kappa shape index (κ1) is 13.1. The van der Waals surface area contributed by atoms with Crippen molar-refractivity contribution >= 4 is 12.0 Å². The second-order valence-corrected chi connectivity index (χ2v) is 4.61. The average Bonchev–Trinajstić information content (AvgIpc) is 2.39. The Labute approximate surface area is 113 Å². The molecule has 2 aromatic carbocycles. The minimum atomic E-state index is -0.930. The summed E-state index contributed by atoms with van der Waals surface area (Å²) in [5.74, 6) is -0.930. The zero-order chi connectivity index (χ0) is 13.8. The van der Waals surface area contributed by atoms with Crippen molar-refractivity contribution in [3.05, 3.63) is 65.2 Å². The van der Waals surface area contributed by atoms with E-state index in [0.717, 1.165) is 22.3 Å². The molecule has 96 valence electrons. The molecule has 2 heteroatoms. The van der Waals surface area contributed by atoms with E-state index in [4.69, 9.17) is 5.11 Å². The highest BCUT2D eigenvalue weighted by Crippen LogP contribution is 2.23. The molecule has 0 aromatic heterocycles. The minimum absolute atomic E-state index is 0.930. The zero-order valence-corrected chi connectivity index (χ0v) is 11.1. The summed E-state index contributed by atoms with van der Waals surface area (Å²) in [4.78, 5) is 10.6. The fraction of sp³-hybridized carbons (Fsp3) is 0.118. The van der Waals surface area contributed by atoms with Crippen LogP contribution in [0.2, 0.25) is 0 Å². The predicted octanol–water partition coefficient (Wildman–Crippen LogP) is 4.07. The Balaban J connectivity index is 2.40. The molecule has 0 aliphatic heterocycles. The number of hydrogen-bond donors (Lipinski definition) is 1. The molecular weight excluding hydrogens is 236 g/mol. The largest absolute Gasteiger partial charge is 0.478 e. The predicted molar refractivity (Wildman–Crippen MR) is 78.0 cm³/mol. The first-order valence-electron chi connectivity index (χ1n) is 6.15. The maximum Gasteiger partial charge on any atom is 0.328 e. The second kappa shape index (κ2) is 5.53. The molecule has 0 bridgehead atoms. The van der Waals surface area contributed by atoms with Gasteiger partial charge >= 0.3 is 5.97 Å². The maximum absolute atomic E-state index is 10.6. The molecule has 0 aliphatic carbocycles. The van der Waals surface area contributed by atoms with E-state index in [2.05, 4.69) is 37.3 Å². The van der Waals surface area contributed by atoms with Crippen molar-refractivity contribution in [2.45, 2.75) is 13.8 Å². The number of hydrogen-bond acceptors (Lipinski definition) is 1. The van der Waals surface area contributed by atoms with Crippen LogP contribution in [0.1, 0.15) is 16.7 Å². The molecule has 0 atom stereocenters. The van der Waals surface area contributed by atoms with Crippen LogP contribution in [0.3, 0.4) is 0 Å². The van der Waals surface area contributed by atoms with Crippen LogP contribution in [0.5, 0.6) is 0 Å². The lowest BCUT2D eigenvalue weighted by molar-refractivity contribution is -0.131. The van der Waals surface area contributed by atoms with Crippen LogP contribution in [-0.2, 0) is 4.79 Å². The lowest BCUT2D eigenvalue weighted by Crippen LogP contribution is -1.88. The number of rotatable bonds is 3. The maximum atomic E-state index is 10.6. The summed E-state index contributed by atoms with van der Waals surface area (Å²) in [6.07, 6.45) is 2.80. The molecule has 0 saturated heterocycles. The smallest absolute Gasteiger partial charge is 0.328 e. The Kier molecular flexibility index (Phi) is 3.81. The van der Waals surface area contributed by atoms with E-state index >= 15 is 0 Å². The number of aliphatic carboxylic acids is 1. The molecule has 0 aliphatic rings. The fourth-order valence-electron chi connectivity index (χ4n) is 1.91. The summed E-state index contributed by atoms with van der Waals surface area (Å²) in [6.45, 7) is 4.03. The molecule has 2 nitrogen and oxygen atoms in total. The van der Waals surface area contributed by atoms with Gasteiger partial charge in [-0.15, -0.1) is 0 Å². The van der Waals surface area contributed by atoms with Crippen LogP contribution in [0.4, 0.5) is 0 Å². The normalized spacial score (nSPS) is 10.8. The fourth-order valence-corrected chi connectivity index (χ4v) is 1.91. The molecule has 2 aromatic rings. The first-order chi connectivity index (χ1) is 9.06. The lowest BCUT2D eigenvalue weighted by atomic mass is 9.99. The van der Waals surface area contributed by atoms with Crippen molar-refractivity contribution in [3.63, 3.8) is 0 Å². The lowest BCUT2D eigenvalue weighted by Gasteiger charge is -2.06. The van der Waals surface area contributed by atoms with E-state index < -0.39 is 5.97 Å². The average molecular weight is 252 g/mol. The van der Waals surface area contributed by atoms with E-state index in [9.17, 15) is 4.79 Å². The number of aryl methyl sites for hydroxylation is 2. The van der Waals surface area contributed by atoms with Crippen molar-refractivity contribution in [1.29, 1.82) is 0 Å². The van der Waals surface area contributed by atoms with E-state index in [0.29, 0.717) is 0 Å². The summed E-state index contributed by atoms with van der Waals surface area (Å²) in [7, 11) is 0. The van der Waals surface area contributed by atoms with Crippen molar-refractivity contribution < 1.29 is 9.90 Å². The van der Waals surface area contributed by atoms with Crippen LogP contribution in [0.15, 0.2) is 48.5 Å². The van der Waals surface area contributed by atoms with Gasteiger partial charge in [-0.1, -0.05) is 42.0 Å². The van der Waals surface area contributed by atoms with E-state index in [1.165, 1.54) is 11.6 Å². The molecule has 19 heavy (non-hydrogen) atoms. The highest BCUT2D eigenvalue weighted by molar-refractivity contribution is 5.86. The van der Waals surface area contributed by atoms with Crippen molar-refractivity contribution in [2.75, 3.05) is 0 Å². The number of benzene rings is 2. The summed E-state index contributed by atoms with van der Waals surface area (Å²) in [6, 6.07) is 14.4. The standard InChI is InChI=1S/C17H16O2/c1-12-3-6-14(7-4-12)16-8-5-13(2)15(11-16)9-10-17(18)19/h3-11H,1-2H3,(H,18,19)/b10-9+. The third-order valence-corrected chi connectivity index (χ3v) is 3.07. The summed E-state index contributed by atoms with van der Waals surface area (Å²) in [5.41, 5.74) is 5.45. The Morgan fingerprint density at radius 1 is 1.00 bits per heavy atom. The van der Waals surface area contributed by atoms with E-state index in [1.807, 2.05) is 19.1 Å².